The summed E-state index contributed by atoms with van der Waals surface area (Å²) in [5.74, 6) is -1.06. The fourth-order valence-corrected chi connectivity index (χ4v) is 3.02. The number of ether oxygens (including phenoxy) is 1. The predicted octanol–water partition coefficient (Wildman–Crippen LogP) is 3.13. The highest BCUT2D eigenvalue weighted by molar-refractivity contribution is 6.34. The van der Waals surface area contributed by atoms with Gasteiger partial charge in [0, 0.05) is 16.1 Å². The average molecular weight is 346 g/mol. The highest BCUT2D eigenvalue weighted by atomic mass is 35.5. The molecule has 1 unspecified atom stereocenters. The molecule has 7 heteroatoms. The zero-order valence-corrected chi connectivity index (χ0v) is 13.5. The molecule has 0 spiro atoms. The van der Waals surface area contributed by atoms with Crippen LogP contribution >= 0.6 is 23.2 Å². The molecule has 1 aromatic rings. The molecular weight excluding hydrogens is 329 g/mol. The van der Waals surface area contributed by atoms with Crippen LogP contribution in [0, 0.1) is 5.92 Å². The summed E-state index contributed by atoms with van der Waals surface area (Å²) < 4.78 is 5.53. The van der Waals surface area contributed by atoms with Crippen molar-refractivity contribution in [1.82, 2.24) is 5.32 Å². The van der Waals surface area contributed by atoms with Crippen molar-refractivity contribution in [2.75, 3.05) is 0 Å². The van der Waals surface area contributed by atoms with Crippen molar-refractivity contribution < 1.29 is 19.4 Å². The highest BCUT2D eigenvalue weighted by Gasteiger charge is 2.31. The first kappa shape index (κ1) is 16.9. The van der Waals surface area contributed by atoms with E-state index >= 15 is 0 Å². The van der Waals surface area contributed by atoms with E-state index in [9.17, 15) is 9.59 Å². The monoisotopic (exact) mass is 345 g/mol. The lowest BCUT2D eigenvalue weighted by molar-refractivity contribution is -0.141. The Balaban J connectivity index is 1.88. The fourth-order valence-electron chi connectivity index (χ4n) is 2.51. The van der Waals surface area contributed by atoms with Crippen molar-refractivity contribution in [2.24, 2.45) is 5.92 Å². The van der Waals surface area contributed by atoms with Crippen molar-refractivity contribution in [2.45, 2.75) is 38.3 Å². The molecule has 5 nitrogen and oxygen atoms in total. The minimum absolute atomic E-state index is 0.123. The van der Waals surface area contributed by atoms with Gasteiger partial charge in [-0.3, -0.25) is 9.59 Å². The maximum atomic E-state index is 12.1. The van der Waals surface area contributed by atoms with Gasteiger partial charge in [0.1, 0.15) is 5.75 Å². The Kier molecular flexibility index (Phi) is 5.53. The third-order valence-corrected chi connectivity index (χ3v) is 4.08. The second-order valence-corrected chi connectivity index (χ2v) is 6.29. The summed E-state index contributed by atoms with van der Waals surface area (Å²) in [6, 6.07) is 4.61. The van der Waals surface area contributed by atoms with Crippen LogP contribution in [0.15, 0.2) is 18.2 Å². The lowest BCUT2D eigenvalue weighted by Gasteiger charge is -2.18. The summed E-state index contributed by atoms with van der Waals surface area (Å²) in [4.78, 5) is 23.0. The number of carbonyl (C=O) groups excluding carboxylic acids is 1. The molecule has 0 bridgehead atoms. The third kappa shape index (κ3) is 4.52. The van der Waals surface area contributed by atoms with E-state index in [-0.39, 0.29) is 17.9 Å². The van der Waals surface area contributed by atoms with Crippen LogP contribution < -0.4 is 10.1 Å². The molecule has 1 aromatic carbocycles. The first-order valence-electron chi connectivity index (χ1n) is 7.01. The average Bonchev–Trinajstić information content (AvgIpc) is 2.86. The summed E-state index contributed by atoms with van der Waals surface area (Å²) in [7, 11) is 0. The van der Waals surface area contributed by atoms with E-state index < -0.39 is 12.1 Å². The number of hydrogen-bond acceptors (Lipinski definition) is 3. The Morgan fingerprint density at radius 3 is 2.45 bits per heavy atom. The van der Waals surface area contributed by atoms with Gasteiger partial charge in [-0.25, -0.2) is 0 Å². The van der Waals surface area contributed by atoms with Crippen LogP contribution in [0.3, 0.4) is 0 Å². The molecule has 0 radical (unpaired) electrons. The van der Waals surface area contributed by atoms with Gasteiger partial charge in [-0.05, 0) is 44.4 Å². The normalized spacial score (nSPS) is 22.1. The summed E-state index contributed by atoms with van der Waals surface area (Å²) >= 11 is 11.8. The van der Waals surface area contributed by atoms with E-state index in [4.69, 9.17) is 33.0 Å². The molecule has 1 fully saturated rings. The molecule has 2 rings (SSSR count). The van der Waals surface area contributed by atoms with Gasteiger partial charge in [0.25, 0.3) is 5.91 Å². The lowest BCUT2D eigenvalue weighted by Crippen LogP contribution is -2.41. The molecule has 0 saturated heterocycles. The van der Waals surface area contributed by atoms with Crippen molar-refractivity contribution in [1.29, 1.82) is 0 Å². The Bertz CT molecular complexity index is 558. The number of carboxylic acid groups (broad SMARTS) is 1. The summed E-state index contributed by atoms with van der Waals surface area (Å²) in [6.45, 7) is 1.62. The van der Waals surface area contributed by atoms with Crippen molar-refractivity contribution >= 4 is 35.1 Å². The summed E-state index contributed by atoms with van der Waals surface area (Å²) in [5.41, 5.74) is 0. The number of carboxylic acids is 1. The molecule has 120 valence electrons. The SMILES string of the molecule is CC(Oc1cc(Cl)cc(Cl)c1)C(=O)N[C@H]1CC[C@@H](C(=O)O)C1. The maximum Gasteiger partial charge on any atom is 0.306 e. The van der Waals surface area contributed by atoms with E-state index in [1.54, 1.807) is 25.1 Å². The van der Waals surface area contributed by atoms with Gasteiger partial charge < -0.3 is 15.2 Å². The Morgan fingerprint density at radius 1 is 1.27 bits per heavy atom. The third-order valence-electron chi connectivity index (χ3n) is 3.65. The standard InChI is InChI=1S/C15H17Cl2NO4/c1-8(22-13-6-10(16)5-11(17)7-13)14(19)18-12-3-2-9(4-12)15(20)21/h5-9,12H,2-4H2,1H3,(H,18,19)(H,20,21)/t8?,9-,12+/m1/s1. The number of nitrogens with one attached hydrogen (secondary N) is 1. The number of rotatable bonds is 5. The number of benzene rings is 1. The van der Waals surface area contributed by atoms with Gasteiger partial charge in [0.15, 0.2) is 6.10 Å². The summed E-state index contributed by atoms with van der Waals surface area (Å²) in [6.07, 6.45) is 0.979. The van der Waals surface area contributed by atoms with Crippen LogP contribution in [0.5, 0.6) is 5.75 Å². The zero-order valence-electron chi connectivity index (χ0n) is 12.0. The Labute approximate surface area is 138 Å². The molecule has 1 aliphatic carbocycles. The van der Waals surface area contributed by atoms with E-state index in [1.807, 2.05) is 0 Å². The summed E-state index contributed by atoms with van der Waals surface area (Å²) in [5, 5.41) is 12.6. The Morgan fingerprint density at radius 2 is 1.91 bits per heavy atom. The first-order valence-corrected chi connectivity index (χ1v) is 7.76. The topological polar surface area (TPSA) is 75.6 Å². The number of amides is 1. The smallest absolute Gasteiger partial charge is 0.306 e. The number of carbonyl (C=O) groups is 2. The van der Waals surface area contributed by atoms with Crippen molar-refractivity contribution in [3.8, 4) is 5.75 Å². The minimum atomic E-state index is -0.811. The van der Waals surface area contributed by atoms with Gasteiger partial charge in [-0.1, -0.05) is 23.2 Å². The number of hydrogen-bond donors (Lipinski definition) is 2. The van der Waals surface area contributed by atoms with Gasteiger partial charge >= 0.3 is 5.97 Å². The molecule has 3 atom stereocenters. The molecule has 1 saturated carbocycles. The van der Waals surface area contributed by atoms with Crippen molar-refractivity contribution in [3.63, 3.8) is 0 Å². The molecular formula is C15H17Cl2NO4. The molecule has 0 aliphatic heterocycles. The van der Waals surface area contributed by atoms with Gasteiger partial charge in [0.05, 0.1) is 5.92 Å². The number of aliphatic carboxylic acids is 1. The van der Waals surface area contributed by atoms with Crippen LogP contribution in [0.1, 0.15) is 26.2 Å². The van der Waals surface area contributed by atoms with Crippen LogP contribution in [-0.2, 0) is 9.59 Å². The van der Waals surface area contributed by atoms with E-state index in [2.05, 4.69) is 5.32 Å². The van der Waals surface area contributed by atoms with Gasteiger partial charge in [0.2, 0.25) is 0 Å². The number of halogens is 2. The first-order chi connectivity index (χ1) is 10.3. The van der Waals surface area contributed by atoms with Crippen LogP contribution in [-0.4, -0.2) is 29.1 Å². The van der Waals surface area contributed by atoms with Crippen LogP contribution in [0.4, 0.5) is 0 Å². The van der Waals surface area contributed by atoms with Crippen LogP contribution in [0.25, 0.3) is 0 Å². The highest BCUT2D eigenvalue weighted by Crippen LogP contribution is 2.27. The van der Waals surface area contributed by atoms with E-state index in [1.165, 1.54) is 0 Å². The van der Waals surface area contributed by atoms with Gasteiger partial charge in [-0.2, -0.15) is 0 Å². The maximum absolute atomic E-state index is 12.1. The molecule has 1 amide bonds. The second kappa shape index (κ2) is 7.20. The molecule has 1 aliphatic rings. The van der Waals surface area contributed by atoms with E-state index in [0.29, 0.717) is 35.1 Å². The molecule has 2 N–H and O–H groups in total. The molecule has 0 aromatic heterocycles. The largest absolute Gasteiger partial charge is 0.481 e. The predicted molar refractivity (Wildman–Crippen MR) is 83.5 cm³/mol. The fraction of sp³-hybridized carbons (Fsp3) is 0.467. The quantitative estimate of drug-likeness (QED) is 0.859. The lowest BCUT2D eigenvalue weighted by atomic mass is 10.1. The van der Waals surface area contributed by atoms with Crippen LogP contribution in [0.2, 0.25) is 10.0 Å². The zero-order chi connectivity index (χ0) is 16.3. The second-order valence-electron chi connectivity index (χ2n) is 5.42. The van der Waals surface area contributed by atoms with Gasteiger partial charge in [-0.15, -0.1) is 0 Å². The molecule has 0 heterocycles. The molecule has 22 heavy (non-hydrogen) atoms. The minimum Gasteiger partial charge on any atom is -0.481 e. The van der Waals surface area contributed by atoms with E-state index in [0.717, 1.165) is 0 Å². The Hall–Kier alpha value is -1.46. The van der Waals surface area contributed by atoms with Crippen molar-refractivity contribution in [3.05, 3.63) is 28.2 Å².